The van der Waals surface area contributed by atoms with Gasteiger partial charge in [-0.05, 0) is 75.2 Å². The fraction of sp³-hybridized carbons (Fsp3) is 0.321. The van der Waals surface area contributed by atoms with Crippen LogP contribution in [0, 0.1) is 17.2 Å². The van der Waals surface area contributed by atoms with Gasteiger partial charge in [-0.1, -0.05) is 30.3 Å². The van der Waals surface area contributed by atoms with Crippen LogP contribution < -0.4 is 5.73 Å². The quantitative estimate of drug-likeness (QED) is 0.428. The van der Waals surface area contributed by atoms with Gasteiger partial charge in [0.1, 0.15) is 11.5 Å². The van der Waals surface area contributed by atoms with E-state index in [9.17, 15) is 5.26 Å². The molecule has 5 rings (SSSR count). The molecule has 1 aliphatic heterocycles. The van der Waals surface area contributed by atoms with Gasteiger partial charge in [0.25, 0.3) is 0 Å². The molecule has 0 amide bonds. The molecular weight excluding hydrogens is 448 g/mol. The summed E-state index contributed by atoms with van der Waals surface area (Å²) in [4.78, 5) is 11.9. The van der Waals surface area contributed by atoms with Crippen LogP contribution in [-0.4, -0.2) is 43.0 Å². The molecule has 1 saturated heterocycles. The van der Waals surface area contributed by atoms with Crippen LogP contribution in [0.3, 0.4) is 0 Å². The van der Waals surface area contributed by atoms with Crippen LogP contribution in [0.1, 0.15) is 49.7 Å². The lowest BCUT2D eigenvalue weighted by Gasteiger charge is -2.34. The van der Waals surface area contributed by atoms with Gasteiger partial charge >= 0.3 is 0 Å². The van der Waals surface area contributed by atoms with Crippen molar-refractivity contribution in [2.75, 3.05) is 18.8 Å². The second kappa shape index (κ2) is 10.3. The summed E-state index contributed by atoms with van der Waals surface area (Å²) in [6, 6.07) is 19.7. The third-order valence-corrected chi connectivity index (χ3v) is 6.91. The van der Waals surface area contributed by atoms with Crippen LogP contribution in [0.15, 0.2) is 60.8 Å². The number of nitrogens with two attached hydrogens (primary N) is 1. The highest BCUT2D eigenvalue weighted by atomic mass is 15.4. The molecule has 8 nitrogen and oxygen atoms in total. The van der Waals surface area contributed by atoms with Crippen LogP contribution in [0.4, 0.5) is 5.82 Å². The molecule has 8 heteroatoms. The van der Waals surface area contributed by atoms with Gasteiger partial charge in [0.05, 0.1) is 41.5 Å². The van der Waals surface area contributed by atoms with E-state index in [-0.39, 0.29) is 0 Å². The average molecular weight is 479 g/mol. The highest BCUT2D eigenvalue weighted by Gasteiger charge is 2.22. The number of rotatable bonds is 6. The Labute approximate surface area is 211 Å². The van der Waals surface area contributed by atoms with Gasteiger partial charge in [-0.2, -0.15) is 5.26 Å². The van der Waals surface area contributed by atoms with Crippen LogP contribution in [0.2, 0.25) is 0 Å². The molecule has 1 atom stereocenters. The topological polar surface area (TPSA) is 110 Å². The third kappa shape index (κ3) is 5.26. The Morgan fingerprint density at radius 1 is 1.03 bits per heavy atom. The van der Waals surface area contributed by atoms with E-state index in [1.165, 1.54) is 12.8 Å². The zero-order chi connectivity index (χ0) is 25.1. The Morgan fingerprint density at radius 2 is 1.83 bits per heavy atom. The Hall–Kier alpha value is -4.09. The van der Waals surface area contributed by atoms with E-state index in [1.807, 2.05) is 30.5 Å². The maximum atomic E-state index is 9.22. The molecule has 0 saturated carbocycles. The van der Waals surface area contributed by atoms with Gasteiger partial charge in [-0.15, -0.1) is 5.10 Å². The van der Waals surface area contributed by atoms with Crippen LogP contribution in [0.25, 0.3) is 22.5 Å². The van der Waals surface area contributed by atoms with Crippen molar-refractivity contribution in [1.29, 1.82) is 5.26 Å². The fourth-order valence-electron chi connectivity index (χ4n) is 4.69. The largest absolute Gasteiger partial charge is 0.384 e. The van der Waals surface area contributed by atoms with Crippen molar-refractivity contribution in [2.45, 2.75) is 39.3 Å². The average Bonchev–Trinajstić information content (AvgIpc) is 3.37. The van der Waals surface area contributed by atoms with Crippen molar-refractivity contribution in [3.8, 4) is 28.6 Å². The number of aromatic nitrogens is 5. The molecule has 0 bridgehead atoms. The summed E-state index contributed by atoms with van der Waals surface area (Å²) < 4.78 is 1.79. The number of anilines is 1. The number of nitrogens with zero attached hydrogens (tertiary/aromatic N) is 7. The molecule has 1 aromatic carbocycles. The van der Waals surface area contributed by atoms with Gasteiger partial charge < -0.3 is 5.73 Å². The van der Waals surface area contributed by atoms with Crippen LogP contribution in [-0.2, 0) is 6.54 Å². The predicted molar refractivity (Wildman–Crippen MR) is 140 cm³/mol. The Balaban J connectivity index is 1.34. The van der Waals surface area contributed by atoms with Gasteiger partial charge in [0.15, 0.2) is 0 Å². The molecule has 182 valence electrons. The maximum absolute atomic E-state index is 9.22. The lowest BCUT2D eigenvalue weighted by Crippen LogP contribution is -2.35. The van der Waals surface area contributed by atoms with Gasteiger partial charge in [-0.25, -0.2) is 9.67 Å². The molecule has 0 unspecified atom stereocenters. The molecule has 0 radical (unpaired) electrons. The summed E-state index contributed by atoms with van der Waals surface area (Å²) in [5, 5.41) is 17.9. The first-order valence-electron chi connectivity index (χ1n) is 12.4. The molecular formula is C28H30N8. The van der Waals surface area contributed by atoms with E-state index in [1.54, 1.807) is 22.9 Å². The van der Waals surface area contributed by atoms with Gasteiger partial charge in [0, 0.05) is 17.2 Å². The molecule has 2 N–H and O–H groups in total. The van der Waals surface area contributed by atoms with E-state index in [0.717, 1.165) is 41.5 Å². The predicted octanol–water partition coefficient (Wildman–Crippen LogP) is 4.70. The van der Waals surface area contributed by atoms with Crippen LogP contribution in [0.5, 0.6) is 0 Å². The number of hydrogen-bond donors (Lipinski definition) is 1. The van der Waals surface area contributed by atoms with E-state index in [2.05, 4.69) is 52.2 Å². The number of piperidine rings is 1. The molecule has 0 spiro atoms. The van der Waals surface area contributed by atoms with E-state index in [4.69, 9.17) is 10.7 Å². The zero-order valence-corrected chi connectivity index (χ0v) is 20.7. The minimum atomic E-state index is 0.293. The first kappa shape index (κ1) is 23.6. The van der Waals surface area contributed by atoms with Crippen molar-refractivity contribution in [3.05, 3.63) is 77.7 Å². The first-order chi connectivity index (χ1) is 17.5. The normalized spacial score (nSPS) is 15.5. The minimum absolute atomic E-state index is 0.293. The number of nitriles is 1. The first-order valence-corrected chi connectivity index (χ1v) is 12.4. The van der Waals surface area contributed by atoms with Crippen molar-refractivity contribution < 1.29 is 0 Å². The summed E-state index contributed by atoms with van der Waals surface area (Å²) in [6.07, 6.45) is 4.39. The van der Waals surface area contributed by atoms with Crippen molar-refractivity contribution in [2.24, 2.45) is 5.92 Å². The van der Waals surface area contributed by atoms with E-state index in [0.29, 0.717) is 35.4 Å². The molecule has 4 heterocycles. The van der Waals surface area contributed by atoms with E-state index < -0.39 is 0 Å². The smallest absolute Gasteiger partial charge is 0.124 e. The standard InChI is InChI=1S/C28H30N8/c1-19-9-11-35(12-10-19)20(2)25-8-4-7-24(31-25)17-36-18-27(33-34-36)23-14-26(32-28(30)15-23)22-6-3-5-21(13-22)16-29/h3-8,13-15,18-20H,9-12,17H2,1-2H3,(H2,30,32)/t20-/m1/s1. The third-order valence-electron chi connectivity index (χ3n) is 6.91. The summed E-state index contributed by atoms with van der Waals surface area (Å²) in [7, 11) is 0. The van der Waals surface area contributed by atoms with Crippen molar-refractivity contribution in [1.82, 2.24) is 29.9 Å². The fourth-order valence-corrected chi connectivity index (χ4v) is 4.69. The number of pyridine rings is 2. The van der Waals surface area contributed by atoms with Crippen molar-refractivity contribution in [3.63, 3.8) is 0 Å². The Kier molecular flexibility index (Phi) is 6.74. The Bertz CT molecular complexity index is 1390. The summed E-state index contributed by atoms with van der Waals surface area (Å²) in [6.45, 7) is 7.35. The zero-order valence-electron chi connectivity index (χ0n) is 20.7. The lowest BCUT2D eigenvalue weighted by molar-refractivity contribution is 0.144. The van der Waals surface area contributed by atoms with Gasteiger partial charge in [0.2, 0.25) is 0 Å². The van der Waals surface area contributed by atoms with E-state index >= 15 is 0 Å². The highest BCUT2D eigenvalue weighted by molar-refractivity contribution is 5.71. The minimum Gasteiger partial charge on any atom is -0.384 e. The number of nitrogen functional groups attached to an aromatic ring is 1. The monoisotopic (exact) mass is 478 g/mol. The van der Waals surface area contributed by atoms with Crippen LogP contribution >= 0.6 is 0 Å². The number of hydrogen-bond acceptors (Lipinski definition) is 7. The lowest BCUT2D eigenvalue weighted by atomic mass is 9.97. The SMILES string of the molecule is CC1CCN([C@H](C)c2cccc(Cn3cc(-c4cc(N)nc(-c5cccc(C#N)c5)c4)nn3)n2)CC1. The highest BCUT2D eigenvalue weighted by Crippen LogP contribution is 2.27. The Morgan fingerprint density at radius 3 is 2.64 bits per heavy atom. The molecule has 1 fully saturated rings. The summed E-state index contributed by atoms with van der Waals surface area (Å²) in [5.41, 5.74) is 11.8. The second-order valence-electron chi connectivity index (χ2n) is 9.61. The summed E-state index contributed by atoms with van der Waals surface area (Å²) in [5.74, 6) is 1.19. The van der Waals surface area contributed by atoms with Crippen molar-refractivity contribution >= 4 is 5.82 Å². The molecule has 4 aromatic rings. The molecule has 3 aromatic heterocycles. The molecule has 36 heavy (non-hydrogen) atoms. The molecule has 1 aliphatic rings. The number of likely N-dealkylation sites (tertiary alicyclic amines) is 1. The molecule has 0 aliphatic carbocycles. The van der Waals surface area contributed by atoms with Gasteiger partial charge in [-0.3, -0.25) is 9.88 Å². The second-order valence-corrected chi connectivity index (χ2v) is 9.61. The maximum Gasteiger partial charge on any atom is 0.124 e. The number of benzene rings is 1. The summed E-state index contributed by atoms with van der Waals surface area (Å²) >= 11 is 0.